The topological polar surface area (TPSA) is 86.7 Å². The molecule has 0 heterocycles. The molecule has 0 fully saturated rings. The molecule has 0 bridgehead atoms. The first kappa shape index (κ1) is 30.0. The molecule has 0 radical (unpaired) electrons. The summed E-state index contributed by atoms with van der Waals surface area (Å²) in [5.74, 6) is 0.0974. The first-order valence-electron chi connectivity index (χ1n) is 12.0. The molecule has 0 aliphatic heterocycles. The molecule has 1 N–H and O–H groups in total. The van der Waals surface area contributed by atoms with Crippen molar-refractivity contribution in [2.24, 2.45) is 0 Å². The van der Waals surface area contributed by atoms with E-state index in [4.69, 9.17) is 4.74 Å². The Labute approximate surface area is 222 Å². The summed E-state index contributed by atoms with van der Waals surface area (Å²) in [6.45, 7) is 2.25. The van der Waals surface area contributed by atoms with Crippen LogP contribution in [0.25, 0.3) is 0 Å². The molecule has 0 unspecified atom stereocenters. The third-order valence-electron chi connectivity index (χ3n) is 5.61. The molecule has 5 nitrogen and oxygen atoms in total. The van der Waals surface area contributed by atoms with Crippen LogP contribution in [0.1, 0.15) is 89.5 Å². The second-order valence-corrected chi connectivity index (χ2v) is 9.87. The maximum atomic E-state index is 12.1. The molecule has 0 saturated carbocycles. The van der Waals surface area contributed by atoms with E-state index in [1.807, 2.05) is 0 Å². The number of aryl methyl sites for hydroxylation is 1. The maximum absolute atomic E-state index is 12.1. The van der Waals surface area contributed by atoms with Crippen molar-refractivity contribution in [1.29, 1.82) is 0 Å². The van der Waals surface area contributed by atoms with Gasteiger partial charge >= 0.3 is 29.6 Å². The minimum atomic E-state index is -4.41. The fourth-order valence-corrected chi connectivity index (χ4v) is 4.49. The van der Waals surface area contributed by atoms with E-state index in [2.05, 4.69) is 6.92 Å². The van der Waals surface area contributed by atoms with Gasteiger partial charge in [0.05, 0.1) is 0 Å². The van der Waals surface area contributed by atoms with Crippen LogP contribution in [0, 0.1) is 0 Å². The minimum absolute atomic E-state index is 0. The van der Waals surface area contributed by atoms with Gasteiger partial charge in [0, 0.05) is 0 Å². The standard InChI is InChI=1S/C26H38O5S.Na/c1-2-3-4-5-6-7-8-9-10-11-12-13-16-22-19-23(27)21-24(20-22)31-25-17-14-15-18-26(25)32(28,29)30;/h14-15,17-21,27H,2-13,16H2,1H3,(H,28,29,30);/q;+1/p-1. The Kier molecular flexibility index (Phi) is 15.0. The number of para-hydroxylation sites is 1. The van der Waals surface area contributed by atoms with Gasteiger partial charge < -0.3 is 9.84 Å². The van der Waals surface area contributed by atoms with Gasteiger partial charge in [-0.2, -0.15) is 8.42 Å². The normalized spacial score (nSPS) is 11.2. The summed E-state index contributed by atoms with van der Waals surface area (Å²) < 4.78 is 38.1. The smallest absolute Gasteiger partial charge is 0.872 e. The Bertz CT molecular complexity index is 915. The van der Waals surface area contributed by atoms with Crippen LogP contribution in [-0.4, -0.2) is 13.0 Å². The first-order valence-corrected chi connectivity index (χ1v) is 13.4. The number of hydrogen-bond acceptors (Lipinski definition) is 4. The van der Waals surface area contributed by atoms with Crippen LogP contribution in [0.5, 0.6) is 17.2 Å². The third kappa shape index (κ3) is 12.3. The predicted molar refractivity (Wildman–Crippen MR) is 127 cm³/mol. The first-order chi connectivity index (χ1) is 15.4. The van der Waals surface area contributed by atoms with Crippen molar-refractivity contribution < 1.29 is 52.4 Å². The van der Waals surface area contributed by atoms with Gasteiger partial charge in [0.1, 0.15) is 16.4 Å². The number of benzene rings is 2. The monoisotopic (exact) mass is 484 g/mol. The number of hydrogen-bond donors (Lipinski definition) is 1. The van der Waals surface area contributed by atoms with Crippen LogP contribution < -0.4 is 39.4 Å². The van der Waals surface area contributed by atoms with Crippen molar-refractivity contribution in [3.63, 3.8) is 0 Å². The molecule has 2 aromatic rings. The molecule has 2 rings (SSSR count). The summed E-state index contributed by atoms with van der Waals surface area (Å²) in [6.07, 6.45) is 16.1. The zero-order valence-electron chi connectivity index (χ0n) is 20.2. The van der Waals surface area contributed by atoms with Crippen molar-refractivity contribution in [2.45, 2.75) is 95.3 Å². The fourth-order valence-electron chi connectivity index (χ4n) is 3.88. The molecular formula is C26H37NaO5S. The zero-order valence-corrected chi connectivity index (χ0v) is 23.0. The molecule has 0 amide bonds. The van der Waals surface area contributed by atoms with E-state index in [-0.39, 0.29) is 51.7 Å². The maximum Gasteiger partial charge on any atom is 1.00 e. The van der Waals surface area contributed by atoms with E-state index in [9.17, 15) is 18.1 Å². The minimum Gasteiger partial charge on any atom is -0.872 e. The summed E-state index contributed by atoms with van der Waals surface area (Å²) >= 11 is 0. The van der Waals surface area contributed by atoms with Gasteiger partial charge in [-0.25, -0.2) is 0 Å². The van der Waals surface area contributed by atoms with E-state index in [1.165, 1.54) is 88.5 Å². The summed E-state index contributed by atoms with van der Waals surface area (Å²) in [7, 11) is -4.41. The van der Waals surface area contributed by atoms with Crippen molar-refractivity contribution in [3.05, 3.63) is 48.0 Å². The van der Waals surface area contributed by atoms with Gasteiger partial charge in [-0.15, -0.1) is 5.75 Å². The van der Waals surface area contributed by atoms with Gasteiger partial charge in [-0.05, 0) is 42.7 Å². The van der Waals surface area contributed by atoms with Crippen molar-refractivity contribution in [3.8, 4) is 17.2 Å². The molecule has 0 aromatic heterocycles. The van der Waals surface area contributed by atoms with E-state index in [0.717, 1.165) is 24.8 Å². The van der Waals surface area contributed by atoms with Gasteiger partial charge in [-0.3, -0.25) is 4.55 Å². The Morgan fingerprint density at radius 3 is 1.94 bits per heavy atom. The summed E-state index contributed by atoms with van der Waals surface area (Å²) in [5, 5.41) is 12.1. The van der Waals surface area contributed by atoms with Gasteiger partial charge in [0.15, 0.2) is 0 Å². The van der Waals surface area contributed by atoms with E-state index < -0.39 is 10.1 Å². The molecule has 33 heavy (non-hydrogen) atoms. The van der Waals surface area contributed by atoms with Crippen molar-refractivity contribution in [2.75, 3.05) is 0 Å². The van der Waals surface area contributed by atoms with E-state index in [1.54, 1.807) is 18.2 Å². The van der Waals surface area contributed by atoms with Crippen LogP contribution >= 0.6 is 0 Å². The van der Waals surface area contributed by atoms with Gasteiger partial charge in [0.25, 0.3) is 10.1 Å². The second kappa shape index (κ2) is 16.6. The van der Waals surface area contributed by atoms with Crippen LogP contribution in [0.4, 0.5) is 0 Å². The van der Waals surface area contributed by atoms with Crippen LogP contribution in [-0.2, 0) is 16.5 Å². The average Bonchev–Trinajstić information content (AvgIpc) is 2.74. The van der Waals surface area contributed by atoms with Crippen molar-refractivity contribution in [1.82, 2.24) is 0 Å². The van der Waals surface area contributed by atoms with E-state index >= 15 is 0 Å². The summed E-state index contributed by atoms with van der Waals surface area (Å²) in [4.78, 5) is -0.321. The van der Waals surface area contributed by atoms with Gasteiger partial charge in [-0.1, -0.05) is 95.8 Å². The molecule has 2 aromatic carbocycles. The van der Waals surface area contributed by atoms with Crippen molar-refractivity contribution >= 4 is 10.1 Å². The van der Waals surface area contributed by atoms with E-state index in [0.29, 0.717) is 0 Å². The molecule has 0 saturated heterocycles. The third-order valence-corrected chi connectivity index (χ3v) is 6.51. The number of rotatable bonds is 16. The SMILES string of the molecule is CCCCCCCCCCCCCCc1cc([O-])cc(Oc2ccccc2S(=O)(=O)O)c1.[Na+]. The van der Waals surface area contributed by atoms with Gasteiger partial charge in [0.2, 0.25) is 0 Å². The number of ether oxygens (including phenoxy) is 1. The molecular weight excluding hydrogens is 447 g/mol. The average molecular weight is 485 g/mol. The van der Waals surface area contributed by atoms with Crippen LogP contribution in [0.2, 0.25) is 0 Å². The quantitative estimate of drug-likeness (QED) is 0.221. The van der Waals surface area contributed by atoms with Crippen LogP contribution in [0.15, 0.2) is 47.4 Å². The zero-order chi connectivity index (χ0) is 23.2. The molecule has 0 spiro atoms. The Morgan fingerprint density at radius 1 is 0.818 bits per heavy atom. The number of unbranched alkanes of at least 4 members (excludes halogenated alkanes) is 11. The molecule has 0 atom stereocenters. The molecule has 0 aliphatic rings. The molecule has 178 valence electrons. The Hall–Kier alpha value is -1.05. The summed E-state index contributed by atoms with van der Waals surface area (Å²) in [6, 6.07) is 10.5. The Morgan fingerprint density at radius 2 is 1.36 bits per heavy atom. The van der Waals surface area contributed by atoms with Crippen LogP contribution in [0.3, 0.4) is 0 Å². The second-order valence-electron chi connectivity index (χ2n) is 8.48. The summed E-state index contributed by atoms with van der Waals surface area (Å²) in [5.41, 5.74) is 0.879. The fraction of sp³-hybridized carbons (Fsp3) is 0.538. The largest absolute Gasteiger partial charge is 1.00 e. The Balaban J connectivity index is 0.00000544. The molecule has 0 aliphatic carbocycles. The predicted octanol–water partition coefficient (Wildman–Crippen LogP) is 4.05. The molecule has 7 heteroatoms.